The van der Waals surface area contributed by atoms with Gasteiger partial charge in [0.15, 0.2) is 0 Å². The van der Waals surface area contributed by atoms with Crippen LogP contribution in [0.15, 0.2) is 42.5 Å². The molecule has 5 rings (SSSR count). The largest absolute Gasteiger partial charge is 0.497 e. The van der Waals surface area contributed by atoms with Crippen LogP contribution in [0.5, 0.6) is 5.75 Å². The van der Waals surface area contributed by atoms with Crippen molar-refractivity contribution in [2.45, 2.75) is 19.0 Å². The number of anilines is 1. The smallest absolute Gasteiger partial charge is 0.228 e. The van der Waals surface area contributed by atoms with Gasteiger partial charge in [0.05, 0.1) is 32.3 Å². The molecule has 170 valence electrons. The maximum Gasteiger partial charge on any atom is 0.228 e. The molecule has 0 saturated carbocycles. The maximum absolute atomic E-state index is 13.6. The number of rotatable bonds is 4. The molecule has 0 aromatic heterocycles. The van der Waals surface area contributed by atoms with Crippen LogP contribution in [0.25, 0.3) is 0 Å². The Kier molecular flexibility index (Phi) is 6.26. The van der Waals surface area contributed by atoms with Crippen molar-refractivity contribution >= 4 is 23.2 Å². The zero-order valence-corrected chi connectivity index (χ0v) is 19.3. The monoisotopic (exact) mass is 455 g/mol. The summed E-state index contributed by atoms with van der Waals surface area (Å²) in [5.74, 6) is 1.07. The average molecular weight is 456 g/mol. The van der Waals surface area contributed by atoms with E-state index in [2.05, 4.69) is 34.1 Å². The van der Waals surface area contributed by atoms with Crippen LogP contribution in [0.4, 0.5) is 5.69 Å². The van der Waals surface area contributed by atoms with E-state index in [1.807, 2.05) is 23.1 Å². The minimum atomic E-state index is -0.0537. The molecular weight excluding hydrogens is 426 g/mol. The Morgan fingerprint density at radius 1 is 1.09 bits per heavy atom. The standard InChI is InChI=1S/C25H30ClN3O3/c1-31-21-7-4-19-14-22(25(30)28-10-12-32-13-11-28)24-17-27(8-9-29(24)23(19)15-21)16-18-2-5-20(26)6-3-18/h2-7,15,22,24H,8-14,16-17H2,1H3/t22-,24-/m0/s1. The molecule has 6 nitrogen and oxygen atoms in total. The summed E-state index contributed by atoms with van der Waals surface area (Å²) in [4.78, 5) is 20.5. The third-order valence-electron chi connectivity index (χ3n) is 6.97. The maximum atomic E-state index is 13.6. The van der Waals surface area contributed by atoms with Crippen molar-refractivity contribution in [1.29, 1.82) is 0 Å². The van der Waals surface area contributed by atoms with Crippen LogP contribution in [0.2, 0.25) is 5.02 Å². The Labute approximate surface area is 194 Å². The number of ether oxygens (including phenoxy) is 2. The number of nitrogens with zero attached hydrogens (tertiary/aromatic N) is 3. The molecule has 2 saturated heterocycles. The van der Waals surface area contributed by atoms with E-state index < -0.39 is 0 Å². The Morgan fingerprint density at radius 2 is 1.88 bits per heavy atom. The van der Waals surface area contributed by atoms with Gasteiger partial charge < -0.3 is 19.3 Å². The topological polar surface area (TPSA) is 45.2 Å². The van der Waals surface area contributed by atoms with Crippen molar-refractivity contribution in [3.8, 4) is 5.75 Å². The fraction of sp³-hybridized carbons (Fsp3) is 0.480. The summed E-state index contributed by atoms with van der Waals surface area (Å²) in [6, 6.07) is 14.5. The molecule has 0 bridgehead atoms. The predicted octanol–water partition coefficient (Wildman–Crippen LogP) is 3.07. The zero-order valence-electron chi connectivity index (χ0n) is 18.5. The number of benzene rings is 2. The highest BCUT2D eigenvalue weighted by Crippen LogP contribution is 2.39. The molecule has 0 unspecified atom stereocenters. The highest BCUT2D eigenvalue weighted by atomic mass is 35.5. The fourth-order valence-electron chi connectivity index (χ4n) is 5.26. The Bertz CT molecular complexity index is 961. The van der Waals surface area contributed by atoms with Crippen LogP contribution in [-0.2, 0) is 22.5 Å². The number of amides is 1. The van der Waals surface area contributed by atoms with Gasteiger partial charge in [0.2, 0.25) is 5.91 Å². The minimum absolute atomic E-state index is 0.0537. The number of methoxy groups -OCH3 is 1. The van der Waals surface area contributed by atoms with E-state index in [0.29, 0.717) is 26.3 Å². The van der Waals surface area contributed by atoms with Crippen LogP contribution in [0, 0.1) is 5.92 Å². The molecule has 3 aliphatic heterocycles. The second kappa shape index (κ2) is 9.30. The van der Waals surface area contributed by atoms with Gasteiger partial charge in [-0.1, -0.05) is 29.8 Å². The van der Waals surface area contributed by atoms with Crippen molar-refractivity contribution in [1.82, 2.24) is 9.80 Å². The van der Waals surface area contributed by atoms with E-state index in [9.17, 15) is 4.79 Å². The predicted molar refractivity (Wildman–Crippen MR) is 125 cm³/mol. The highest BCUT2D eigenvalue weighted by Gasteiger charge is 2.43. The van der Waals surface area contributed by atoms with Crippen LogP contribution in [0.1, 0.15) is 11.1 Å². The SMILES string of the molecule is COc1ccc2c(c1)N1CCN(Cc3ccc(Cl)cc3)C[C@H]1[C@@H](C(=O)N1CCOCC1)C2. The lowest BCUT2D eigenvalue weighted by Gasteiger charge is -2.50. The first kappa shape index (κ1) is 21.6. The van der Waals surface area contributed by atoms with Crippen LogP contribution >= 0.6 is 11.6 Å². The number of carbonyl (C=O) groups is 1. The van der Waals surface area contributed by atoms with Gasteiger partial charge in [-0.3, -0.25) is 9.69 Å². The van der Waals surface area contributed by atoms with Gasteiger partial charge in [-0.2, -0.15) is 0 Å². The van der Waals surface area contributed by atoms with Gasteiger partial charge in [0, 0.05) is 56.0 Å². The lowest BCUT2D eigenvalue weighted by molar-refractivity contribution is -0.141. The van der Waals surface area contributed by atoms with E-state index in [-0.39, 0.29) is 17.9 Å². The van der Waals surface area contributed by atoms with Gasteiger partial charge in [0.25, 0.3) is 0 Å². The molecule has 1 amide bonds. The lowest BCUT2D eigenvalue weighted by Crippen LogP contribution is -2.61. The summed E-state index contributed by atoms with van der Waals surface area (Å²) in [6.45, 7) is 6.20. The van der Waals surface area contributed by atoms with Crippen molar-refractivity contribution in [3.63, 3.8) is 0 Å². The van der Waals surface area contributed by atoms with E-state index >= 15 is 0 Å². The number of carbonyl (C=O) groups excluding carboxylic acids is 1. The van der Waals surface area contributed by atoms with Gasteiger partial charge in [0.1, 0.15) is 5.75 Å². The number of halogens is 1. The second-order valence-electron chi connectivity index (χ2n) is 8.87. The molecule has 0 aliphatic carbocycles. The summed E-state index contributed by atoms with van der Waals surface area (Å²) in [7, 11) is 1.71. The lowest BCUT2D eigenvalue weighted by atomic mass is 9.82. The molecule has 7 heteroatoms. The molecule has 2 aromatic carbocycles. The third kappa shape index (κ3) is 4.32. The molecule has 2 atom stereocenters. The summed E-state index contributed by atoms with van der Waals surface area (Å²) in [6.07, 6.45) is 0.769. The Balaban J connectivity index is 1.41. The summed E-state index contributed by atoms with van der Waals surface area (Å²) in [5.41, 5.74) is 3.70. The molecule has 2 fully saturated rings. The van der Waals surface area contributed by atoms with Crippen molar-refractivity contribution in [2.24, 2.45) is 5.92 Å². The summed E-state index contributed by atoms with van der Waals surface area (Å²) >= 11 is 6.06. The van der Waals surface area contributed by atoms with Crippen molar-refractivity contribution in [2.75, 3.05) is 57.9 Å². The second-order valence-corrected chi connectivity index (χ2v) is 9.30. The zero-order chi connectivity index (χ0) is 22.1. The fourth-order valence-corrected chi connectivity index (χ4v) is 5.38. The number of hydrogen-bond acceptors (Lipinski definition) is 5. The summed E-state index contributed by atoms with van der Waals surface area (Å²) < 4.78 is 11.0. The molecule has 3 aliphatic rings. The van der Waals surface area contributed by atoms with Gasteiger partial charge in [-0.15, -0.1) is 0 Å². The number of fused-ring (bicyclic) bond motifs is 3. The van der Waals surface area contributed by atoms with E-state index in [1.165, 1.54) is 16.8 Å². The van der Waals surface area contributed by atoms with Gasteiger partial charge >= 0.3 is 0 Å². The molecule has 2 aromatic rings. The Hall–Kier alpha value is -2.28. The number of piperazine rings is 1. The van der Waals surface area contributed by atoms with Crippen LogP contribution < -0.4 is 9.64 Å². The molecular formula is C25H30ClN3O3. The molecule has 3 heterocycles. The minimum Gasteiger partial charge on any atom is -0.497 e. The van der Waals surface area contributed by atoms with E-state index in [0.717, 1.165) is 43.4 Å². The summed E-state index contributed by atoms with van der Waals surface area (Å²) in [5, 5.41) is 0.757. The average Bonchev–Trinajstić information content (AvgIpc) is 2.84. The van der Waals surface area contributed by atoms with Crippen LogP contribution in [-0.4, -0.2) is 74.8 Å². The van der Waals surface area contributed by atoms with Gasteiger partial charge in [-0.05, 0) is 35.7 Å². The van der Waals surface area contributed by atoms with Crippen molar-refractivity contribution < 1.29 is 14.3 Å². The van der Waals surface area contributed by atoms with Crippen LogP contribution in [0.3, 0.4) is 0 Å². The van der Waals surface area contributed by atoms with E-state index in [1.54, 1.807) is 7.11 Å². The molecule has 32 heavy (non-hydrogen) atoms. The Morgan fingerprint density at radius 3 is 2.62 bits per heavy atom. The first-order valence-electron chi connectivity index (χ1n) is 11.4. The quantitative estimate of drug-likeness (QED) is 0.709. The van der Waals surface area contributed by atoms with Crippen molar-refractivity contribution in [3.05, 3.63) is 58.6 Å². The van der Waals surface area contributed by atoms with Gasteiger partial charge in [-0.25, -0.2) is 0 Å². The molecule has 0 spiro atoms. The highest BCUT2D eigenvalue weighted by molar-refractivity contribution is 6.30. The first-order valence-corrected chi connectivity index (χ1v) is 11.8. The number of morpholine rings is 1. The normalized spacial score (nSPS) is 23.4. The first-order chi connectivity index (χ1) is 15.6. The molecule has 0 radical (unpaired) electrons. The third-order valence-corrected chi connectivity index (χ3v) is 7.22. The van der Waals surface area contributed by atoms with E-state index in [4.69, 9.17) is 21.1 Å². The molecule has 0 N–H and O–H groups in total. The number of hydrogen-bond donors (Lipinski definition) is 0.